The van der Waals surface area contributed by atoms with Gasteiger partial charge in [0.1, 0.15) is 0 Å². The van der Waals surface area contributed by atoms with Crippen LogP contribution in [0.25, 0.3) is 0 Å². The number of hydrogen-bond acceptors (Lipinski definition) is 2. The molecule has 0 unspecified atom stereocenters. The van der Waals surface area contributed by atoms with Crippen molar-refractivity contribution in [3.63, 3.8) is 0 Å². The lowest BCUT2D eigenvalue weighted by Crippen LogP contribution is -1.91. The number of pyridine rings is 1. The third-order valence-electron chi connectivity index (χ3n) is 1.25. The monoisotopic (exact) mass is 149 g/mol. The summed E-state index contributed by atoms with van der Waals surface area (Å²) >= 11 is 0. The van der Waals surface area contributed by atoms with Crippen molar-refractivity contribution in [3.05, 3.63) is 42.7 Å². The molecule has 0 radical (unpaired) electrons. The Labute approximate surface area is 66.5 Å². The molecule has 11 heavy (non-hydrogen) atoms. The largest absolute Gasteiger partial charge is 0.373 e. The van der Waals surface area contributed by atoms with Crippen molar-refractivity contribution in [2.45, 2.75) is 6.61 Å². The second-order valence-corrected chi connectivity index (χ2v) is 2.16. The van der Waals surface area contributed by atoms with Crippen LogP contribution < -0.4 is 0 Å². The Morgan fingerprint density at radius 3 is 2.82 bits per heavy atom. The van der Waals surface area contributed by atoms with Gasteiger partial charge in [0.15, 0.2) is 0 Å². The van der Waals surface area contributed by atoms with Crippen molar-refractivity contribution < 1.29 is 4.74 Å². The second-order valence-electron chi connectivity index (χ2n) is 2.16. The van der Waals surface area contributed by atoms with E-state index in [0.29, 0.717) is 13.2 Å². The van der Waals surface area contributed by atoms with Gasteiger partial charge in [-0.2, -0.15) is 0 Å². The molecule has 0 saturated heterocycles. The van der Waals surface area contributed by atoms with Crippen molar-refractivity contribution in [1.29, 1.82) is 0 Å². The molecule has 1 aromatic rings. The van der Waals surface area contributed by atoms with E-state index in [1.807, 2.05) is 12.1 Å². The van der Waals surface area contributed by atoms with Gasteiger partial charge < -0.3 is 4.74 Å². The molecule has 1 aromatic heterocycles. The molecule has 0 bridgehead atoms. The fourth-order valence-corrected chi connectivity index (χ4v) is 0.739. The van der Waals surface area contributed by atoms with Crippen molar-refractivity contribution in [1.82, 2.24) is 4.98 Å². The molecule has 0 N–H and O–H groups in total. The second kappa shape index (κ2) is 4.63. The number of ether oxygens (including phenoxy) is 1. The minimum atomic E-state index is 0.600. The molecule has 0 aliphatic rings. The highest BCUT2D eigenvalue weighted by atomic mass is 16.5. The van der Waals surface area contributed by atoms with E-state index in [2.05, 4.69) is 11.6 Å². The van der Waals surface area contributed by atoms with Crippen LogP contribution >= 0.6 is 0 Å². The van der Waals surface area contributed by atoms with Crippen LogP contribution in [0.15, 0.2) is 37.2 Å². The van der Waals surface area contributed by atoms with Crippen LogP contribution in [0.2, 0.25) is 0 Å². The SMILES string of the molecule is C=CCOCc1ccncc1. The number of rotatable bonds is 4. The van der Waals surface area contributed by atoms with Crippen LogP contribution in [0.4, 0.5) is 0 Å². The number of aromatic nitrogens is 1. The van der Waals surface area contributed by atoms with Gasteiger partial charge in [0.25, 0.3) is 0 Å². The molecule has 0 saturated carbocycles. The van der Waals surface area contributed by atoms with Gasteiger partial charge in [-0.05, 0) is 17.7 Å². The molecule has 2 heteroatoms. The summed E-state index contributed by atoms with van der Waals surface area (Å²) in [5.41, 5.74) is 1.14. The van der Waals surface area contributed by atoms with Crippen LogP contribution in [0.1, 0.15) is 5.56 Å². The maximum absolute atomic E-state index is 5.22. The summed E-state index contributed by atoms with van der Waals surface area (Å²) < 4.78 is 5.22. The normalized spacial score (nSPS) is 9.45. The Kier molecular flexibility index (Phi) is 3.35. The van der Waals surface area contributed by atoms with Crippen LogP contribution in [-0.4, -0.2) is 11.6 Å². The van der Waals surface area contributed by atoms with Crippen molar-refractivity contribution in [2.24, 2.45) is 0 Å². The van der Waals surface area contributed by atoms with Gasteiger partial charge in [0, 0.05) is 12.4 Å². The van der Waals surface area contributed by atoms with E-state index >= 15 is 0 Å². The quantitative estimate of drug-likeness (QED) is 0.481. The van der Waals surface area contributed by atoms with Gasteiger partial charge in [-0.1, -0.05) is 6.08 Å². The highest BCUT2D eigenvalue weighted by Crippen LogP contribution is 1.97. The van der Waals surface area contributed by atoms with Gasteiger partial charge in [0.05, 0.1) is 13.2 Å². The lowest BCUT2D eigenvalue weighted by atomic mass is 10.3. The average Bonchev–Trinajstić information content (AvgIpc) is 2.07. The molecular weight excluding hydrogens is 138 g/mol. The summed E-state index contributed by atoms with van der Waals surface area (Å²) in [5, 5.41) is 0. The zero-order valence-electron chi connectivity index (χ0n) is 6.36. The third-order valence-corrected chi connectivity index (χ3v) is 1.25. The van der Waals surface area contributed by atoms with Crippen molar-refractivity contribution in [2.75, 3.05) is 6.61 Å². The third kappa shape index (κ3) is 2.96. The first kappa shape index (κ1) is 7.95. The minimum absolute atomic E-state index is 0.600. The summed E-state index contributed by atoms with van der Waals surface area (Å²) in [6.45, 7) is 4.79. The molecule has 0 amide bonds. The molecular formula is C9H11NO. The van der Waals surface area contributed by atoms with E-state index in [9.17, 15) is 0 Å². The number of nitrogens with zero attached hydrogens (tertiary/aromatic N) is 1. The van der Waals surface area contributed by atoms with Crippen LogP contribution in [0, 0.1) is 0 Å². The lowest BCUT2D eigenvalue weighted by molar-refractivity contribution is 0.149. The summed E-state index contributed by atoms with van der Waals surface area (Å²) in [4.78, 5) is 3.90. The Morgan fingerprint density at radius 2 is 2.18 bits per heavy atom. The van der Waals surface area contributed by atoms with E-state index in [0.717, 1.165) is 5.56 Å². The smallest absolute Gasteiger partial charge is 0.0722 e. The predicted octanol–water partition coefficient (Wildman–Crippen LogP) is 1.78. The molecule has 0 fully saturated rings. The Hall–Kier alpha value is -1.15. The molecule has 0 atom stereocenters. The van der Waals surface area contributed by atoms with Gasteiger partial charge in [-0.15, -0.1) is 6.58 Å². The predicted molar refractivity (Wildman–Crippen MR) is 44.1 cm³/mol. The first-order chi connectivity index (χ1) is 5.43. The molecule has 0 spiro atoms. The van der Waals surface area contributed by atoms with E-state index in [1.165, 1.54) is 0 Å². The first-order valence-electron chi connectivity index (χ1n) is 3.51. The van der Waals surface area contributed by atoms with Crippen molar-refractivity contribution in [3.8, 4) is 0 Å². The fraction of sp³-hybridized carbons (Fsp3) is 0.222. The molecule has 0 aromatic carbocycles. The summed E-state index contributed by atoms with van der Waals surface area (Å²) in [5.74, 6) is 0. The maximum Gasteiger partial charge on any atom is 0.0722 e. The van der Waals surface area contributed by atoms with Crippen molar-refractivity contribution >= 4 is 0 Å². The van der Waals surface area contributed by atoms with E-state index in [1.54, 1.807) is 18.5 Å². The molecule has 1 rings (SSSR count). The lowest BCUT2D eigenvalue weighted by Gasteiger charge is -1.99. The van der Waals surface area contributed by atoms with E-state index in [-0.39, 0.29) is 0 Å². The van der Waals surface area contributed by atoms with Crippen LogP contribution in [0.5, 0.6) is 0 Å². The van der Waals surface area contributed by atoms with E-state index < -0.39 is 0 Å². The highest BCUT2D eigenvalue weighted by molar-refractivity contribution is 5.07. The van der Waals surface area contributed by atoms with Gasteiger partial charge in [-0.3, -0.25) is 4.98 Å². The van der Waals surface area contributed by atoms with Crippen LogP contribution in [0.3, 0.4) is 0 Å². The Balaban J connectivity index is 2.33. The first-order valence-corrected chi connectivity index (χ1v) is 3.51. The summed E-state index contributed by atoms with van der Waals surface area (Å²) in [7, 11) is 0. The topological polar surface area (TPSA) is 22.1 Å². The molecule has 1 heterocycles. The molecule has 0 aliphatic heterocycles. The average molecular weight is 149 g/mol. The zero-order valence-corrected chi connectivity index (χ0v) is 6.36. The molecule has 58 valence electrons. The van der Waals surface area contributed by atoms with Gasteiger partial charge in [-0.25, -0.2) is 0 Å². The minimum Gasteiger partial charge on any atom is -0.373 e. The summed E-state index contributed by atoms with van der Waals surface area (Å²) in [6, 6.07) is 3.87. The summed E-state index contributed by atoms with van der Waals surface area (Å²) in [6.07, 6.45) is 5.25. The van der Waals surface area contributed by atoms with Gasteiger partial charge in [0.2, 0.25) is 0 Å². The van der Waals surface area contributed by atoms with Crippen LogP contribution in [-0.2, 0) is 11.3 Å². The standard InChI is InChI=1S/C9H11NO/c1-2-7-11-8-9-3-5-10-6-4-9/h2-6H,1,7-8H2. The van der Waals surface area contributed by atoms with Gasteiger partial charge >= 0.3 is 0 Å². The zero-order chi connectivity index (χ0) is 7.94. The highest BCUT2D eigenvalue weighted by Gasteiger charge is 1.88. The molecule has 2 nitrogen and oxygen atoms in total. The van der Waals surface area contributed by atoms with E-state index in [4.69, 9.17) is 4.74 Å². The maximum atomic E-state index is 5.22. The molecule has 0 aliphatic carbocycles. The number of hydrogen-bond donors (Lipinski definition) is 0. The Morgan fingerprint density at radius 1 is 1.45 bits per heavy atom. The fourth-order valence-electron chi connectivity index (χ4n) is 0.739. The Bertz CT molecular complexity index is 208.